The van der Waals surface area contributed by atoms with Crippen LogP contribution < -0.4 is 15.0 Å². The lowest BCUT2D eigenvalue weighted by molar-refractivity contribution is 0.311. The second-order valence-electron chi connectivity index (χ2n) is 6.75. The summed E-state index contributed by atoms with van der Waals surface area (Å²) in [4.78, 5) is 22.5. The van der Waals surface area contributed by atoms with Gasteiger partial charge in [-0.05, 0) is 49.9 Å². The lowest BCUT2D eigenvalue weighted by Gasteiger charge is -2.11. The van der Waals surface area contributed by atoms with Gasteiger partial charge in [-0.3, -0.25) is 4.79 Å². The van der Waals surface area contributed by atoms with Crippen LogP contribution >= 0.6 is 11.3 Å². The fourth-order valence-electron chi connectivity index (χ4n) is 3.14. The van der Waals surface area contributed by atoms with Gasteiger partial charge >= 0.3 is 0 Å². The lowest BCUT2D eigenvalue weighted by Crippen LogP contribution is -2.11. The maximum Gasteiger partial charge on any atom is 0.260 e. The minimum absolute atomic E-state index is 0.0782. The molecule has 0 saturated carbocycles. The van der Waals surface area contributed by atoms with Crippen molar-refractivity contribution in [3.8, 4) is 22.9 Å². The number of nitrogens with one attached hydrogen (secondary N) is 1. The van der Waals surface area contributed by atoms with Crippen molar-refractivity contribution < 1.29 is 9.47 Å². The molecule has 6 heteroatoms. The molecular weight excluding hydrogens is 360 g/mol. The van der Waals surface area contributed by atoms with Crippen LogP contribution in [0.5, 0.6) is 11.5 Å². The van der Waals surface area contributed by atoms with E-state index in [1.54, 1.807) is 18.4 Å². The zero-order valence-electron chi connectivity index (χ0n) is 16.5. The van der Waals surface area contributed by atoms with Crippen LogP contribution in [0.4, 0.5) is 0 Å². The summed E-state index contributed by atoms with van der Waals surface area (Å²) < 4.78 is 11.0. The second-order valence-corrected chi connectivity index (χ2v) is 7.95. The molecule has 1 atom stereocenters. The number of aromatic amines is 1. The molecular formula is C21H26N2O3S. The average molecular weight is 387 g/mol. The zero-order valence-corrected chi connectivity index (χ0v) is 17.3. The molecule has 1 aromatic carbocycles. The summed E-state index contributed by atoms with van der Waals surface area (Å²) in [7, 11) is 1.60. The number of thiophene rings is 1. The highest BCUT2D eigenvalue weighted by Crippen LogP contribution is 2.33. The largest absolute Gasteiger partial charge is 0.493 e. The van der Waals surface area contributed by atoms with Crippen molar-refractivity contribution in [2.75, 3.05) is 13.7 Å². The van der Waals surface area contributed by atoms with E-state index in [2.05, 4.69) is 25.8 Å². The Morgan fingerprint density at radius 2 is 2.04 bits per heavy atom. The Morgan fingerprint density at radius 1 is 1.26 bits per heavy atom. The van der Waals surface area contributed by atoms with Gasteiger partial charge in [-0.1, -0.05) is 20.3 Å². The minimum Gasteiger partial charge on any atom is -0.493 e. The van der Waals surface area contributed by atoms with E-state index in [1.807, 2.05) is 25.1 Å². The molecule has 5 nitrogen and oxygen atoms in total. The highest BCUT2D eigenvalue weighted by atomic mass is 32.1. The second kappa shape index (κ2) is 8.13. The Balaban J connectivity index is 2.08. The van der Waals surface area contributed by atoms with Gasteiger partial charge in [0.1, 0.15) is 10.7 Å². The van der Waals surface area contributed by atoms with E-state index in [9.17, 15) is 4.79 Å². The van der Waals surface area contributed by atoms with E-state index < -0.39 is 0 Å². The molecule has 0 aliphatic rings. The topological polar surface area (TPSA) is 64.2 Å². The van der Waals surface area contributed by atoms with Gasteiger partial charge in [0.2, 0.25) is 0 Å². The molecule has 0 saturated heterocycles. The predicted molar refractivity (Wildman–Crippen MR) is 111 cm³/mol. The normalized spacial score (nSPS) is 12.3. The van der Waals surface area contributed by atoms with E-state index in [1.165, 1.54) is 4.88 Å². The van der Waals surface area contributed by atoms with Gasteiger partial charge < -0.3 is 14.5 Å². The fraction of sp³-hybridized carbons (Fsp3) is 0.429. The van der Waals surface area contributed by atoms with Gasteiger partial charge in [0.15, 0.2) is 11.5 Å². The molecule has 144 valence electrons. The van der Waals surface area contributed by atoms with Gasteiger partial charge in [0.05, 0.1) is 19.1 Å². The number of H-pyrrole nitrogens is 1. The molecule has 2 heterocycles. The fourth-order valence-corrected chi connectivity index (χ4v) is 4.19. The van der Waals surface area contributed by atoms with Gasteiger partial charge in [-0.25, -0.2) is 4.98 Å². The van der Waals surface area contributed by atoms with Gasteiger partial charge in [-0.2, -0.15) is 0 Å². The minimum atomic E-state index is -0.0782. The first kappa shape index (κ1) is 19.4. The van der Waals surface area contributed by atoms with Crippen LogP contribution in [-0.2, 0) is 6.42 Å². The average Bonchev–Trinajstić information content (AvgIpc) is 2.97. The SMILES string of the molecule is CCOc1ccc(-c2nc3sc(C)c(CC(C)CC)c3c(=O)[nH]2)cc1OC. The number of fused-ring (bicyclic) bond motifs is 1. The molecule has 3 rings (SSSR count). The van der Waals surface area contributed by atoms with E-state index in [0.717, 1.165) is 34.2 Å². The molecule has 3 aromatic rings. The zero-order chi connectivity index (χ0) is 19.6. The number of aromatic nitrogens is 2. The number of nitrogens with zero attached hydrogens (tertiary/aromatic N) is 1. The van der Waals surface area contributed by atoms with Crippen molar-refractivity contribution in [3.63, 3.8) is 0 Å². The predicted octanol–water partition coefficient (Wildman–Crippen LogP) is 4.96. The van der Waals surface area contributed by atoms with E-state index in [0.29, 0.717) is 29.8 Å². The number of ether oxygens (including phenoxy) is 2. The molecule has 0 aliphatic heterocycles. The maximum atomic E-state index is 12.9. The molecule has 0 radical (unpaired) electrons. The van der Waals surface area contributed by atoms with E-state index >= 15 is 0 Å². The Labute approximate surface area is 163 Å². The van der Waals surface area contributed by atoms with E-state index in [4.69, 9.17) is 14.5 Å². The van der Waals surface area contributed by atoms with E-state index in [-0.39, 0.29) is 5.56 Å². The Morgan fingerprint density at radius 3 is 2.70 bits per heavy atom. The first-order valence-corrected chi connectivity index (χ1v) is 10.1. The highest BCUT2D eigenvalue weighted by Gasteiger charge is 2.18. The molecule has 27 heavy (non-hydrogen) atoms. The lowest BCUT2D eigenvalue weighted by atomic mass is 9.98. The summed E-state index contributed by atoms with van der Waals surface area (Å²) in [6, 6.07) is 5.57. The summed E-state index contributed by atoms with van der Waals surface area (Å²) in [5, 5.41) is 0.736. The van der Waals surface area contributed by atoms with Crippen LogP contribution in [-0.4, -0.2) is 23.7 Å². The van der Waals surface area contributed by atoms with Crippen LogP contribution in [0.15, 0.2) is 23.0 Å². The van der Waals surface area contributed by atoms with Crippen LogP contribution in [0.3, 0.4) is 0 Å². The third-order valence-corrected chi connectivity index (χ3v) is 5.89. The third-order valence-electron chi connectivity index (χ3n) is 4.85. The molecule has 0 fully saturated rings. The monoisotopic (exact) mass is 386 g/mol. The summed E-state index contributed by atoms with van der Waals surface area (Å²) in [6.45, 7) is 8.95. The van der Waals surface area contributed by atoms with Gasteiger partial charge in [-0.15, -0.1) is 11.3 Å². The number of benzene rings is 1. The quantitative estimate of drug-likeness (QED) is 0.623. The summed E-state index contributed by atoms with van der Waals surface area (Å²) >= 11 is 1.59. The first-order chi connectivity index (χ1) is 13.0. The summed E-state index contributed by atoms with van der Waals surface area (Å²) in [5.41, 5.74) is 1.85. The van der Waals surface area contributed by atoms with Crippen LogP contribution in [0, 0.1) is 12.8 Å². The van der Waals surface area contributed by atoms with Crippen LogP contribution in [0.25, 0.3) is 21.6 Å². The van der Waals surface area contributed by atoms with Crippen molar-refractivity contribution in [1.82, 2.24) is 9.97 Å². The van der Waals surface area contributed by atoms with Gasteiger partial charge in [0, 0.05) is 10.4 Å². The summed E-state index contributed by atoms with van der Waals surface area (Å²) in [5.74, 6) is 2.38. The number of hydrogen-bond acceptors (Lipinski definition) is 5. The van der Waals surface area contributed by atoms with Crippen LogP contribution in [0.1, 0.15) is 37.6 Å². The number of methoxy groups -OCH3 is 1. The van der Waals surface area contributed by atoms with Crippen molar-refractivity contribution in [3.05, 3.63) is 39.0 Å². The Bertz CT molecular complexity index is 1010. The third kappa shape index (κ3) is 3.86. The van der Waals surface area contributed by atoms with Gasteiger partial charge in [0.25, 0.3) is 5.56 Å². The smallest absolute Gasteiger partial charge is 0.260 e. The van der Waals surface area contributed by atoms with Crippen molar-refractivity contribution >= 4 is 21.6 Å². The molecule has 1 unspecified atom stereocenters. The summed E-state index contributed by atoms with van der Waals surface area (Å²) in [6.07, 6.45) is 2.00. The molecule has 0 amide bonds. The molecule has 2 aromatic heterocycles. The van der Waals surface area contributed by atoms with Crippen molar-refractivity contribution in [1.29, 1.82) is 0 Å². The Hall–Kier alpha value is -2.34. The van der Waals surface area contributed by atoms with Crippen molar-refractivity contribution in [2.45, 2.75) is 40.5 Å². The molecule has 0 spiro atoms. The molecule has 0 bridgehead atoms. The maximum absolute atomic E-state index is 12.9. The Kier molecular flexibility index (Phi) is 5.85. The number of aryl methyl sites for hydroxylation is 1. The van der Waals surface area contributed by atoms with Crippen LogP contribution in [0.2, 0.25) is 0 Å². The molecule has 0 aliphatic carbocycles. The number of hydrogen-bond donors (Lipinski definition) is 1. The number of rotatable bonds is 7. The standard InChI is InChI=1S/C21H26N2O3S/c1-6-12(3)10-15-13(4)27-21-18(15)20(24)22-19(23-21)14-8-9-16(26-7-2)17(11-14)25-5/h8-9,11-12H,6-7,10H2,1-5H3,(H,22,23,24). The molecule has 1 N–H and O–H groups in total. The first-order valence-electron chi connectivity index (χ1n) is 9.31. The highest BCUT2D eigenvalue weighted by molar-refractivity contribution is 7.18. The van der Waals surface area contributed by atoms with Crippen molar-refractivity contribution in [2.24, 2.45) is 5.92 Å².